The highest BCUT2D eigenvalue weighted by Gasteiger charge is 2.47. The van der Waals surface area contributed by atoms with Gasteiger partial charge in [0, 0.05) is 18.0 Å². The molecule has 3 amide bonds. The molecule has 0 bridgehead atoms. The van der Waals surface area contributed by atoms with E-state index in [1.165, 1.54) is 30.2 Å². The number of nitrogens with two attached hydrogens (primary N) is 1. The number of carbonyl (C=O) groups excluding carboxylic acids is 3. The van der Waals surface area contributed by atoms with Crippen LogP contribution in [0.1, 0.15) is 74.6 Å². The molecule has 1 heterocycles. The van der Waals surface area contributed by atoms with Crippen LogP contribution in [-0.4, -0.2) is 87.7 Å². The first-order chi connectivity index (χ1) is 19.6. The number of methoxy groups -OCH3 is 1. The van der Waals surface area contributed by atoms with Crippen LogP contribution in [0.25, 0.3) is 0 Å². The molecule has 0 spiro atoms. The van der Waals surface area contributed by atoms with Crippen LogP contribution in [0.15, 0.2) is 18.2 Å². The van der Waals surface area contributed by atoms with E-state index in [2.05, 4.69) is 10.6 Å². The smallest absolute Gasteiger partial charge is 0.326 e. The first-order valence-electron chi connectivity index (χ1n) is 14.0. The molecule has 1 saturated heterocycles. The lowest BCUT2D eigenvalue weighted by Gasteiger charge is -2.33. The highest BCUT2D eigenvalue weighted by Crippen LogP contribution is 2.40. The number of unbranched alkanes of at least 4 members (excludes halogenated alkanes) is 1. The van der Waals surface area contributed by atoms with Crippen LogP contribution < -0.4 is 21.1 Å². The number of hydrogen-bond acceptors (Lipinski definition) is 8. The van der Waals surface area contributed by atoms with Crippen molar-refractivity contribution in [1.29, 1.82) is 0 Å². The zero-order chi connectivity index (χ0) is 30.1. The second kappa shape index (κ2) is 14.7. The average molecular weight is 577 g/mol. The molecule has 2 fully saturated rings. The van der Waals surface area contributed by atoms with E-state index in [4.69, 9.17) is 10.5 Å². The monoisotopic (exact) mass is 576 g/mol. The van der Waals surface area contributed by atoms with Crippen molar-refractivity contribution in [3.63, 3.8) is 0 Å². The number of benzene rings is 1. The van der Waals surface area contributed by atoms with E-state index >= 15 is 0 Å². The number of phenolic OH excluding ortho intramolecular Hbond substituents is 1. The quantitative estimate of drug-likeness (QED) is 0.174. The third-order valence-electron chi connectivity index (χ3n) is 7.93. The second-order valence-corrected chi connectivity index (χ2v) is 10.6. The van der Waals surface area contributed by atoms with E-state index in [-0.39, 0.29) is 48.3 Å². The molecule has 1 aromatic carbocycles. The summed E-state index contributed by atoms with van der Waals surface area (Å²) in [5, 5.41) is 34.5. The summed E-state index contributed by atoms with van der Waals surface area (Å²) in [6, 6.07) is 0.355. The summed E-state index contributed by atoms with van der Waals surface area (Å²) in [5.41, 5.74) is 5.63. The van der Waals surface area contributed by atoms with Gasteiger partial charge in [0.05, 0.1) is 7.11 Å². The van der Waals surface area contributed by atoms with Gasteiger partial charge >= 0.3 is 11.9 Å². The Kier molecular flexibility index (Phi) is 11.3. The van der Waals surface area contributed by atoms with Crippen molar-refractivity contribution < 1.29 is 44.0 Å². The number of aromatic hydroxyl groups is 1. The second-order valence-electron chi connectivity index (χ2n) is 10.6. The molecule has 1 aliphatic heterocycles. The predicted octanol–water partition coefficient (Wildman–Crippen LogP) is 1.22. The number of aliphatic carboxylic acids is 2. The van der Waals surface area contributed by atoms with E-state index in [1.807, 2.05) is 0 Å². The highest BCUT2D eigenvalue weighted by molar-refractivity contribution is 5.98. The molecule has 2 aliphatic rings. The predicted molar refractivity (Wildman–Crippen MR) is 146 cm³/mol. The molecule has 13 heteroatoms. The number of nitrogens with one attached hydrogen (secondary N) is 2. The van der Waals surface area contributed by atoms with Crippen molar-refractivity contribution in [1.82, 2.24) is 15.5 Å². The maximum Gasteiger partial charge on any atom is 0.326 e. The number of rotatable bonds is 14. The van der Waals surface area contributed by atoms with Gasteiger partial charge in [0.25, 0.3) is 5.91 Å². The first kappa shape index (κ1) is 31.7. The average Bonchev–Trinajstić information content (AvgIpc) is 3.34. The van der Waals surface area contributed by atoms with Crippen molar-refractivity contribution in [2.75, 3.05) is 13.7 Å². The minimum Gasteiger partial charge on any atom is -0.504 e. The number of hydrogen-bond donors (Lipinski definition) is 6. The van der Waals surface area contributed by atoms with E-state index in [9.17, 15) is 39.3 Å². The number of carboxylic acids is 2. The molecule has 41 heavy (non-hydrogen) atoms. The number of carboxylic acid groups (broad SMARTS) is 2. The van der Waals surface area contributed by atoms with Crippen molar-refractivity contribution in [2.45, 2.75) is 88.4 Å². The molecule has 3 rings (SSSR count). The van der Waals surface area contributed by atoms with Crippen LogP contribution in [0, 0.1) is 5.92 Å². The molecule has 0 aromatic heterocycles. The van der Waals surface area contributed by atoms with Crippen LogP contribution in [0.5, 0.6) is 11.5 Å². The molecule has 1 saturated carbocycles. The maximum atomic E-state index is 13.2. The molecule has 0 unspecified atom stereocenters. The van der Waals surface area contributed by atoms with Gasteiger partial charge in [-0.25, -0.2) is 9.59 Å². The number of carbonyl (C=O) groups is 5. The van der Waals surface area contributed by atoms with Gasteiger partial charge in [0.2, 0.25) is 11.8 Å². The van der Waals surface area contributed by atoms with Crippen LogP contribution in [0.2, 0.25) is 0 Å². The minimum absolute atomic E-state index is 0.0694. The van der Waals surface area contributed by atoms with Crippen molar-refractivity contribution in [3.05, 3.63) is 23.8 Å². The third-order valence-corrected chi connectivity index (χ3v) is 7.93. The topological polar surface area (TPSA) is 209 Å². The Bertz CT molecular complexity index is 1130. The van der Waals surface area contributed by atoms with Gasteiger partial charge in [-0.3, -0.25) is 14.4 Å². The molecular formula is C28H40N4O9. The molecule has 7 N–H and O–H groups in total. The Balaban J connectivity index is 1.67. The van der Waals surface area contributed by atoms with E-state index < -0.39 is 47.8 Å². The molecule has 1 aliphatic carbocycles. The van der Waals surface area contributed by atoms with E-state index in [0.717, 1.165) is 25.7 Å². The lowest BCUT2D eigenvalue weighted by Crippen LogP contribution is -2.52. The Labute approximate surface area is 238 Å². The largest absolute Gasteiger partial charge is 0.504 e. The highest BCUT2D eigenvalue weighted by atomic mass is 16.5. The normalized spacial score (nSPS) is 21.3. The zero-order valence-corrected chi connectivity index (χ0v) is 23.2. The van der Waals surface area contributed by atoms with Gasteiger partial charge in [0.1, 0.15) is 18.1 Å². The van der Waals surface area contributed by atoms with Gasteiger partial charge in [-0.2, -0.15) is 0 Å². The SMILES string of the molecule is COc1ccc(C(=O)N[C@@H](CCCCN)C(=O)N[C@H](CCC(=O)N2[C@H](C(=O)O)C[C@@H]3CCCC[C@@H]32)C(=O)O)cc1O. The minimum atomic E-state index is -1.43. The van der Waals surface area contributed by atoms with Crippen LogP contribution in [0.3, 0.4) is 0 Å². The molecule has 0 radical (unpaired) electrons. The van der Waals surface area contributed by atoms with Gasteiger partial charge in [-0.15, -0.1) is 0 Å². The fourth-order valence-electron chi connectivity index (χ4n) is 5.80. The Morgan fingerprint density at radius 2 is 1.78 bits per heavy atom. The fraction of sp³-hybridized carbons (Fsp3) is 0.607. The summed E-state index contributed by atoms with van der Waals surface area (Å²) in [6.45, 7) is 0.365. The summed E-state index contributed by atoms with van der Waals surface area (Å²) in [4.78, 5) is 64.5. The van der Waals surface area contributed by atoms with Gasteiger partial charge in [-0.1, -0.05) is 12.8 Å². The molecular weight excluding hydrogens is 536 g/mol. The van der Waals surface area contributed by atoms with Crippen molar-refractivity contribution in [2.24, 2.45) is 11.7 Å². The molecule has 1 aromatic rings. The number of amides is 3. The maximum absolute atomic E-state index is 13.2. The standard InChI is InChI=1S/C28H40N4O9/c1-41-23-11-9-17(15-22(23)33)25(35)30-18(7-4-5-13-29)26(36)31-19(27(37)38)10-12-24(34)32-20-8-3-2-6-16(20)14-21(32)28(39)40/h9,11,15-16,18-21,33H,2-8,10,12-14,29H2,1H3,(H,30,35)(H,31,36)(H,37,38)(H,39,40)/t16-,18-,19+,20-,21-/m0/s1. The summed E-state index contributed by atoms with van der Waals surface area (Å²) >= 11 is 0. The Morgan fingerprint density at radius 3 is 2.41 bits per heavy atom. The van der Waals surface area contributed by atoms with Crippen molar-refractivity contribution in [3.8, 4) is 11.5 Å². The third kappa shape index (κ3) is 8.09. The number of fused-ring (bicyclic) bond motifs is 1. The lowest BCUT2D eigenvalue weighted by atomic mass is 9.84. The summed E-state index contributed by atoms with van der Waals surface area (Å²) in [7, 11) is 1.36. The summed E-state index contributed by atoms with van der Waals surface area (Å²) in [5.74, 6) is -4.25. The van der Waals surface area contributed by atoms with Crippen molar-refractivity contribution >= 4 is 29.7 Å². The number of likely N-dealkylation sites (tertiary alicyclic amines) is 1. The molecule has 5 atom stereocenters. The summed E-state index contributed by atoms with van der Waals surface area (Å²) in [6.07, 6.45) is 4.60. The van der Waals surface area contributed by atoms with Crippen LogP contribution in [0.4, 0.5) is 0 Å². The first-order valence-corrected chi connectivity index (χ1v) is 14.0. The number of phenols is 1. The lowest BCUT2D eigenvalue weighted by molar-refractivity contribution is -0.150. The Morgan fingerprint density at radius 1 is 1.05 bits per heavy atom. The molecule has 226 valence electrons. The number of ether oxygens (including phenoxy) is 1. The zero-order valence-electron chi connectivity index (χ0n) is 23.2. The molecule has 13 nitrogen and oxygen atoms in total. The fourth-order valence-corrected chi connectivity index (χ4v) is 5.80. The van der Waals surface area contributed by atoms with Crippen LogP contribution >= 0.6 is 0 Å². The summed E-state index contributed by atoms with van der Waals surface area (Å²) < 4.78 is 4.98. The van der Waals surface area contributed by atoms with Crippen LogP contribution in [-0.2, 0) is 19.2 Å². The van der Waals surface area contributed by atoms with E-state index in [0.29, 0.717) is 25.8 Å². The van der Waals surface area contributed by atoms with Gasteiger partial charge in [-0.05, 0) is 75.6 Å². The van der Waals surface area contributed by atoms with Gasteiger partial charge < -0.3 is 41.3 Å². The van der Waals surface area contributed by atoms with Gasteiger partial charge in [0.15, 0.2) is 11.5 Å². The Hall–Kier alpha value is -3.87. The van der Waals surface area contributed by atoms with E-state index in [1.54, 1.807) is 0 Å². The number of nitrogens with zero attached hydrogens (tertiary/aromatic N) is 1.